The van der Waals surface area contributed by atoms with Crippen molar-refractivity contribution in [3.63, 3.8) is 0 Å². The molecule has 0 radical (unpaired) electrons. The second kappa shape index (κ2) is 7.79. The number of fused-ring (bicyclic) bond motifs is 1. The highest BCUT2D eigenvalue weighted by atomic mass is 32.1. The largest absolute Gasteiger partial charge is 0.573 e. The lowest BCUT2D eigenvalue weighted by Gasteiger charge is -2.10. The summed E-state index contributed by atoms with van der Waals surface area (Å²) in [5.41, 5.74) is 0.148. The Kier molecular flexibility index (Phi) is 5.17. The van der Waals surface area contributed by atoms with Gasteiger partial charge in [0.25, 0.3) is 0 Å². The van der Waals surface area contributed by atoms with Gasteiger partial charge < -0.3 is 9.47 Å². The number of benzene rings is 3. The quantitative estimate of drug-likeness (QED) is 0.253. The van der Waals surface area contributed by atoms with Crippen molar-refractivity contribution < 1.29 is 31.8 Å². The van der Waals surface area contributed by atoms with Crippen LogP contribution in [0.4, 0.5) is 17.6 Å². The lowest BCUT2D eigenvalue weighted by atomic mass is 10.1. The highest BCUT2D eigenvalue weighted by Gasteiger charge is 2.31. The van der Waals surface area contributed by atoms with Crippen LogP contribution in [0.25, 0.3) is 10.1 Å². The summed E-state index contributed by atoms with van der Waals surface area (Å²) in [4.78, 5) is 13.3. The Morgan fingerprint density at radius 3 is 2.23 bits per heavy atom. The van der Waals surface area contributed by atoms with Crippen molar-refractivity contribution in [2.24, 2.45) is 0 Å². The molecule has 4 rings (SSSR count). The van der Waals surface area contributed by atoms with Crippen molar-refractivity contribution in [3.05, 3.63) is 89.1 Å². The first-order chi connectivity index (χ1) is 14.3. The van der Waals surface area contributed by atoms with Crippen molar-refractivity contribution in [3.8, 4) is 17.2 Å². The van der Waals surface area contributed by atoms with Gasteiger partial charge in [0.05, 0.1) is 0 Å². The molecule has 0 aliphatic carbocycles. The molecule has 0 saturated carbocycles. The van der Waals surface area contributed by atoms with Gasteiger partial charge >= 0.3 is 6.36 Å². The highest BCUT2D eigenvalue weighted by Crippen LogP contribution is 2.41. The van der Waals surface area contributed by atoms with E-state index >= 15 is 0 Å². The second-order valence-corrected chi connectivity index (χ2v) is 7.27. The zero-order chi connectivity index (χ0) is 21.3. The summed E-state index contributed by atoms with van der Waals surface area (Å²) < 4.78 is 61.0. The van der Waals surface area contributed by atoms with Gasteiger partial charge in [0.2, 0.25) is 5.78 Å². The number of hydrogen-bond donors (Lipinski definition) is 0. The van der Waals surface area contributed by atoms with Crippen LogP contribution in [-0.4, -0.2) is 12.1 Å². The third kappa shape index (κ3) is 4.28. The fourth-order valence-corrected chi connectivity index (χ4v) is 3.96. The fraction of sp³-hybridized carbons (Fsp3) is 0.0455. The summed E-state index contributed by atoms with van der Waals surface area (Å²) >= 11 is 1.05. The standard InChI is InChI=1S/C22H12F4O3S/c23-14-8-11-17-18(12-14)30-21(20(17)28-15-4-2-1-3-5-15)19(27)13-6-9-16(10-7-13)29-22(24,25)26/h1-12H. The molecular formula is C22H12F4O3S. The maximum Gasteiger partial charge on any atom is 0.573 e. The number of rotatable bonds is 5. The number of ketones is 1. The topological polar surface area (TPSA) is 35.5 Å². The van der Waals surface area contributed by atoms with Gasteiger partial charge in [-0.3, -0.25) is 4.79 Å². The SMILES string of the molecule is O=C(c1ccc(OC(F)(F)F)cc1)c1sc2cc(F)ccc2c1Oc1ccccc1. The van der Waals surface area contributed by atoms with Crippen molar-refractivity contribution in [2.75, 3.05) is 0 Å². The number of carbonyl (C=O) groups is 1. The monoisotopic (exact) mass is 432 g/mol. The molecule has 152 valence electrons. The van der Waals surface area contributed by atoms with Gasteiger partial charge in [0.1, 0.15) is 22.2 Å². The Hall–Kier alpha value is -3.39. The van der Waals surface area contributed by atoms with E-state index in [1.165, 1.54) is 30.3 Å². The van der Waals surface area contributed by atoms with Crippen molar-refractivity contribution in [1.29, 1.82) is 0 Å². The second-order valence-electron chi connectivity index (χ2n) is 6.22. The van der Waals surface area contributed by atoms with Gasteiger partial charge in [-0.05, 0) is 54.6 Å². The van der Waals surface area contributed by atoms with Crippen LogP contribution in [0, 0.1) is 5.82 Å². The molecule has 0 amide bonds. The zero-order valence-corrected chi connectivity index (χ0v) is 15.9. The van der Waals surface area contributed by atoms with E-state index in [-0.39, 0.29) is 16.2 Å². The molecule has 0 spiro atoms. The minimum atomic E-state index is -4.82. The number of ether oxygens (including phenoxy) is 2. The highest BCUT2D eigenvalue weighted by molar-refractivity contribution is 7.21. The number of halogens is 4. The van der Waals surface area contributed by atoms with Gasteiger partial charge in [0, 0.05) is 15.6 Å². The predicted octanol–water partition coefficient (Wildman–Crippen LogP) is 6.96. The molecule has 0 unspecified atom stereocenters. The van der Waals surface area contributed by atoms with E-state index in [9.17, 15) is 22.4 Å². The van der Waals surface area contributed by atoms with E-state index in [2.05, 4.69) is 4.74 Å². The van der Waals surface area contributed by atoms with Crippen LogP contribution in [0.15, 0.2) is 72.8 Å². The summed E-state index contributed by atoms with van der Waals surface area (Å²) in [6.45, 7) is 0. The maximum absolute atomic E-state index is 13.7. The Morgan fingerprint density at radius 2 is 1.57 bits per heavy atom. The van der Waals surface area contributed by atoms with E-state index in [4.69, 9.17) is 4.74 Å². The third-order valence-electron chi connectivity index (χ3n) is 4.13. The summed E-state index contributed by atoms with van der Waals surface area (Å²) in [6.07, 6.45) is -4.82. The van der Waals surface area contributed by atoms with Crippen LogP contribution in [0.5, 0.6) is 17.2 Å². The minimum absolute atomic E-state index is 0.148. The molecule has 30 heavy (non-hydrogen) atoms. The molecule has 1 aromatic heterocycles. The molecule has 0 aliphatic rings. The van der Waals surface area contributed by atoms with Gasteiger partial charge in [0.15, 0.2) is 5.75 Å². The first kappa shape index (κ1) is 19.9. The van der Waals surface area contributed by atoms with Crippen LogP contribution in [-0.2, 0) is 0 Å². The molecule has 0 fully saturated rings. The molecule has 3 nitrogen and oxygen atoms in total. The molecule has 0 N–H and O–H groups in total. The number of para-hydroxylation sites is 1. The summed E-state index contributed by atoms with van der Waals surface area (Å²) in [5.74, 6) is -0.590. The Labute approximate surface area is 172 Å². The average Bonchev–Trinajstić information content (AvgIpc) is 3.05. The Balaban J connectivity index is 1.73. The normalized spacial score (nSPS) is 11.5. The fourth-order valence-electron chi connectivity index (χ4n) is 2.84. The third-order valence-corrected chi connectivity index (χ3v) is 5.26. The van der Waals surface area contributed by atoms with E-state index < -0.39 is 23.7 Å². The van der Waals surface area contributed by atoms with Crippen LogP contribution >= 0.6 is 11.3 Å². The average molecular weight is 432 g/mol. The zero-order valence-electron chi connectivity index (χ0n) is 15.1. The van der Waals surface area contributed by atoms with E-state index in [0.29, 0.717) is 15.8 Å². The summed E-state index contributed by atoms with van der Waals surface area (Å²) in [6, 6.07) is 17.5. The van der Waals surface area contributed by atoms with Gasteiger partial charge in [-0.1, -0.05) is 18.2 Å². The van der Waals surface area contributed by atoms with Crippen LogP contribution in [0.3, 0.4) is 0 Å². The lowest BCUT2D eigenvalue weighted by Crippen LogP contribution is -2.17. The van der Waals surface area contributed by atoms with Crippen LogP contribution in [0.1, 0.15) is 15.2 Å². The van der Waals surface area contributed by atoms with E-state index in [0.717, 1.165) is 23.5 Å². The van der Waals surface area contributed by atoms with Crippen molar-refractivity contribution in [2.45, 2.75) is 6.36 Å². The van der Waals surface area contributed by atoms with Crippen molar-refractivity contribution >= 4 is 27.2 Å². The molecule has 4 aromatic rings. The van der Waals surface area contributed by atoms with Gasteiger partial charge in [-0.15, -0.1) is 24.5 Å². The lowest BCUT2D eigenvalue weighted by molar-refractivity contribution is -0.274. The Bertz CT molecular complexity index is 1200. The van der Waals surface area contributed by atoms with Gasteiger partial charge in [-0.25, -0.2) is 4.39 Å². The Morgan fingerprint density at radius 1 is 0.867 bits per heavy atom. The van der Waals surface area contributed by atoms with E-state index in [1.807, 2.05) is 6.07 Å². The number of hydrogen-bond acceptors (Lipinski definition) is 4. The number of alkyl halides is 3. The number of thiophene rings is 1. The van der Waals surface area contributed by atoms with Crippen LogP contribution < -0.4 is 9.47 Å². The summed E-state index contributed by atoms with van der Waals surface area (Å²) in [5, 5.41) is 0.561. The molecule has 1 heterocycles. The molecule has 0 atom stereocenters. The smallest absolute Gasteiger partial charge is 0.455 e. The summed E-state index contributed by atoms with van der Waals surface area (Å²) in [7, 11) is 0. The first-order valence-corrected chi connectivity index (χ1v) is 9.47. The number of carbonyl (C=O) groups excluding carboxylic acids is 1. The minimum Gasteiger partial charge on any atom is -0.455 e. The molecule has 0 aliphatic heterocycles. The maximum atomic E-state index is 13.7. The molecule has 0 saturated heterocycles. The van der Waals surface area contributed by atoms with Crippen LogP contribution in [0.2, 0.25) is 0 Å². The first-order valence-electron chi connectivity index (χ1n) is 8.65. The molecular weight excluding hydrogens is 420 g/mol. The predicted molar refractivity (Wildman–Crippen MR) is 105 cm³/mol. The van der Waals surface area contributed by atoms with Gasteiger partial charge in [-0.2, -0.15) is 0 Å². The molecule has 8 heteroatoms. The van der Waals surface area contributed by atoms with Crippen molar-refractivity contribution in [1.82, 2.24) is 0 Å². The molecule has 3 aromatic carbocycles. The molecule has 0 bridgehead atoms. The van der Waals surface area contributed by atoms with E-state index in [1.54, 1.807) is 24.3 Å².